The van der Waals surface area contributed by atoms with Gasteiger partial charge in [-0.3, -0.25) is 14.2 Å². The van der Waals surface area contributed by atoms with Crippen molar-refractivity contribution in [3.8, 4) is 0 Å². The van der Waals surface area contributed by atoms with Crippen LogP contribution in [0.4, 0.5) is 4.39 Å². The van der Waals surface area contributed by atoms with Gasteiger partial charge in [-0.05, 0) is 17.7 Å². The highest BCUT2D eigenvalue weighted by molar-refractivity contribution is 5.89. The average molecular weight is 498 g/mol. The van der Waals surface area contributed by atoms with Crippen molar-refractivity contribution in [1.29, 1.82) is 0 Å². The Hall–Kier alpha value is -4.09. The van der Waals surface area contributed by atoms with Crippen LogP contribution in [0.1, 0.15) is 29.1 Å². The van der Waals surface area contributed by atoms with E-state index < -0.39 is 54.7 Å². The van der Waals surface area contributed by atoms with Crippen LogP contribution >= 0.6 is 0 Å². The summed E-state index contributed by atoms with van der Waals surface area (Å²) >= 11 is 0. The SMILES string of the molecule is CC(=O)O[C@H]1O[C@@H](n2ccc(=O)n(COCc3ccccc3)c2=O)[C@@H](F)C1OC(=O)c1ccccc1. The molecule has 10 nitrogen and oxygen atoms in total. The Kier molecular flexibility index (Phi) is 7.71. The fourth-order valence-corrected chi connectivity index (χ4v) is 3.64. The molecule has 1 saturated heterocycles. The van der Waals surface area contributed by atoms with Crippen LogP contribution in [0.3, 0.4) is 0 Å². The zero-order valence-electron chi connectivity index (χ0n) is 19.2. The molecule has 2 heterocycles. The summed E-state index contributed by atoms with van der Waals surface area (Å²) in [4.78, 5) is 49.4. The molecule has 1 unspecified atom stereocenters. The lowest BCUT2D eigenvalue weighted by Crippen LogP contribution is -2.43. The molecule has 3 aromatic rings. The van der Waals surface area contributed by atoms with Gasteiger partial charge in [-0.25, -0.2) is 18.5 Å². The fourth-order valence-electron chi connectivity index (χ4n) is 3.64. The molecular formula is C25H23FN2O8. The second kappa shape index (κ2) is 11.1. The second-order valence-corrected chi connectivity index (χ2v) is 7.92. The van der Waals surface area contributed by atoms with Gasteiger partial charge in [0.25, 0.3) is 5.56 Å². The molecular weight excluding hydrogens is 475 g/mol. The second-order valence-electron chi connectivity index (χ2n) is 7.92. The number of ether oxygens (including phenoxy) is 4. The number of carbonyl (C=O) groups excluding carboxylic acids is 2. The van der Waals surface area contributed by atoms with Crippen LogP contribution in [0.25, 0.3) is 0 Å². The summed E-state index contributed by atoms with van der Waals surface area (Å²) in [6, 6.07) is 18.0. The lowest BCUT2D eigenvalue weighted by atomic mass is 10.2. The maximum Gasteiger partial charge on any atom is 0.338 e. The van der Waals surface area contributed by atoms with E-state index in [0.717, 1.165) is 33.9 Å². The van der Waals surface area contributed by atoms with E-state index in [1.807, 2.05) is 30.3 Å². The number of carbonyl (C=O) groups is 2. The number of nitrogens with zero attached hydrogens (tertiary/aromatic N) is 2. The molecule has 1 aromatic heterocycles. The minimum Gasteiger partial charge on any atom is -0.449 e. The highest BCUT2D eigenvalue weighted by Crippen LogP contribution is 2.34. The maximum atomic E-state index is 15.5. The zero-order chi connectivity index (χ0) is 25.7. The van der Waals surface area contributed by atoms with Gasteiger partial charge in [-0.1, -0.05) is 48.5 Å². The fraction of sp³-hybridized carbons (Fsp3) is 0.280. The molecule has 0 N–H and O–H groups in total. The van der Waals surface area contributed by atoms with Gasteiger partial charge >= 0.3 is 17.6 Å². The molecule has 0 amide bonds. The Morgan fingerprint density at radius 3 is 2.31 bits per heavy atom. The first-order chi connectivity index (χ1) is 17.3. The Balaban J connectivity index is 1.55. The Morgan fingerprint density at radius 1 is 0.972 bits per heavy atom. The van der Waals surface area contributed by atoms with Gasteiger partial charge in [0.2, 0.25) is 6.29 Å². The first-order valence-electron chi connectivity index (χ1n) is 11.0. The molecule has 1 aliphatic heterocycles. The van der Waals surface area contributed by atoms with E-state index in [4.69, 9.17) is 18.9 Å². The lowest BCUT2D eigenvalue weighted by Gasteiger charge is -2.19. The monoisotopic (exact) mass is 498 g/mol. The summed E-state index contributed by atoms with van der Waals surface area (Å²) in [5, 5.41) is 0. The number of hydrogen-bond donors (Lipinski definition) is 0. The van der Waals surface area contributed by atoms with Crippen molar-refractivity contribution in [2.75, 3.05) is 0 Å². The third-order valence-electron chi connectivity index (χ3n) is 5.36. The summed E-state index contributed by atoms with van der Waals surface area (Å²) in [6.45, 7) is 0.826. The first kappa shape index (κ1) is 25.0. The van der Waals surface area contributed by atoms with Gasteiger partial charge in [0.15, 0.2) is 18.5 Å². The summed E-state index contributed by atoms with van der Waals surface area (Å²) in [5.74, 6) is -1.67. The van der Waals surface area contributed by atoms with Gasteiger partial charge in [0.05, 0.1) is 12.2 Å². The predicted molar refractivity (Wildman–Crippen MR) is 122 cm³/mol. The largest absolute Gasteiger partial charge is 0.449 e. The van der Waals surface area contributed by atoms with E-state index in [1.54, 1.807) is 18.2 Å². The van der Waals surface area contributed by atoms with Crippen LogP contribution in [0.5, 0.6) is 0 Å². The van der Waals surface area contributed by atoms with Crippen molar-refractivity contribution in [2.24, 2.45) is 0 Å². The van der Waals surface area contributed by atoms with Gasteiger partial charge in [-0.15, -0.1) is 0 Å². The van der Waals surface area contributed by atoms with Gasteiger partial charge in [0.1, 0.15) is 6.73 Å². The van der Waals surface area contributed by atoms with E-state index in [1.165, 1.54) is 12.1 Å². The van der Waals surface area contributed by atoms with Crippen molar-refractivity contribution < 1.29 is 32.9 Å². The lowest BCUT2D eigenvalue weighted by molar-refractivity contribution is -0.191. The molecule has 188 valence electrons. The van der Waals surface area contributed by atoms with Crippen LogP contribution < -0.4 is 11.2 Å². The molecule has 0 radical (unpaired) electrons. The Labute approximate surface area is 204 Å². The van der Waals surface area contributed by atoms with Crippen LogP contribution in [0, 0.1) is 0 Å². The third-order valence-corrected chi connectivity index (χ3v) is 5.36. The van der Waals surface area contributed by atoms with Crippen LogP contribution in [0.15, 0.2) is 82.5 Å². The average Bonchev–Trinajstić information content (AvgIpc) is 3.16. The molecule has 0 spiro atoms. The molecule has 0 aliphatic carbocycles. The topological polar surface area (TPSA) is 115 Å². The van der Waals surface area contributed by atoms with Crippen LogP contribution in [-0.4, -0.2) is 39.6 Å². The standard InChI is InChI=1S/C25H23FN2O8/c1-16(29)34-24-21(35-23(31)18-10-6-3-7-11-18)20(26)22(36-24)27-13-12-19(30)28(25(27)32)15-33-14-17-8-4-2-5-9-17/h2-13,20-22,24H,14-15H2,1H3/t20-,21?,22+,24-/m0/s1. The summed E-state index contributed by atoms with van der Waals surface area (Å²) in [7, 11) is 0. The van der Waals surface area contributed by atoms with E-state index in [2.05, 4.69) is 0 Å². The van der Waals surface area contributed by atoms with Crippen molar-refractivity contribution in [3.05, 3.63) is 105 Å². The number of alkyl halides is 1. The molecule has 0 bridgehead atoms. The highest BCUT2D eigenvalue weighted by atomic mass is 19.1. The summed E-state index contributed by atoms with van der Waals surface area (Å²) < 4.78 is 38.3. The van der Waals surface area contributed by atoms with E-state index in [0.29, 0.717) is 0 Å². The number of benzene rings is 2. The van der Waals surface area contributed by atoms with Crippen molar-refractivity contribution in [2.45, 2.75) is 45.1 Å². The quantitative estimate of drug-likeness (QED) is 0.434. The number of esters is 2. The molecule has 0 saturated carbocycles. The number of halogens is 1. The molecule has 11 heteroatoms. The molecule has 1 fully saturated rings. The third kappa shape index (κ3) is 5.58. The van der Waals surface area contributed by atoms with Crippen molar-refractivity contribution in [3.63, 3.8) is 0 Å². The first-order valence-corrected chi connectivity index (χ1v) is 11.0. The number of aromatic nitrogens is 2. The molecule has 36 heavy (non-hydrogen) atoms. The van der Waals surface area contributed by atoms with Gasteiger partial charge in [-0.2, -0.15) is 0 Å². The van der Waals surface area contributed by atoms with Crippen LogP contribution in [0.2, 0.25) is 0 Å². The Morgan fingerprint density at radius 2 is 1.64 bits per heavy atom. The van der Waals surface area contributed by atoms with E-state index in [-0.39, 0.29) is 12.2 Å². The molecule has 1 aliphatic rings. The highest BCUT2D eigenvalue weighted by Gasteiger charge is 2.51. The molecule has 2 aromatic carbocycles. The smallest absolute Gasteiger partial charge is 0.338 e. The van der Waals surface area contributed by atoms with Gasteiger partial charge < -0.3 is 18.9 Å². The number of hydrogen-bond acceptors (Lipinski definition) is 8. The minimum atomic E-state index is -2.10. The van der Waals surface area contributed by atoms with E-state index in [9.17, 15) is 19.2 Å². The Bertz CT molecular complexity index is 1330. The van der Waals surface area contributed by atoms with E-state index >= 15 is 4.39 Å². The van der Waals surface area contributed by atoms with Crippen molar-refractivity contribution in [1.82, 2.24) is 9.13 Å². The predicted octanol–water partition coefficient (Wildman–Crippen LogP) is 2.17. The maximum absolute atomic E-state index is 15.5. The molecule has 4 atom stereocenters. The zero-order valence-corrected chi connectivity index (χ0v) is 19.2. The number of rotatable bonds is 8. The molecule has 4 rings (SSSR count). The van der Waals surface area contributed by atoms with Gasteiger partial charge in [0, 0.05) is 19.2 Å². The van der Waals surface area contributed by atoms with Crippen LogP contribution in [-0.2, 0) is 37.1 Å². The van der Waals surface area contributed by atoms with Crippen molar-refractivity contribution >= 4 is 11.9 Å². The summed E-state index contributed by atoms with van der Waals surface area (Å²) in [6.07, 6.45) is -5.96. The summed E-state index contributed by atoms with van der Waals surface area (Å²) in [5.41, 5.74) is -0.603. The minimum absolute atomic E-state index is 0.138. The normalized spacial score (nSPS) is 21.2.